The summed E-state index contributed by atoms with van der Waals surface area (Å²) in [5.74, 6) is 0.0812. The van der Waals surface area contributed by atoms with Gasteiger partial charge in [0, 0.05) is 30.9 Å². The van der Waals surface area contributed by atoms with Crippen molar-refractivity contribution in [1.29, 1.82) is 0 Å². The molecule has 2 aliphatic rings. The molecule has 8 heteroatoms. The predicted octanol–water partition coefficient (Wildman–Crippen LogP) is 2.47. The van der Waals surface area contributed by atoms with Gasteiger partial charge in [0.1, 0.15) is 0 Å². The molecule has 0 aliphatic carbocycles. The molecule has 0 atom stereocenters. The van der Waals surface area contributed by atoms with Gasteiger partial charge >= 0.3 is 0 Å². The first-order valence-corrected chi connectivity index (χ1v) is 10.3. The summed E-state index contributed by atoms with van der Waals surface area (Å²) in [5, 5.41) is 15.9. The molecule has 1 amide bonds. The molecule has 0 aromatic carbocycles. The fraction of sp³-hybridized carbons (Fsp3) is 0.700. The third kappa shape index (κ3) is 3.57. The molecule has 28 heavy (non-hydrogen) atoms. The Bertz CT molecular complexity index is 825. The Balaban J connectivity index is 1.35. The van der Waals surface area contributed by atoms with Crippen molar-refractivity contribution >= 4 is 5.91 Å². The number of carbonyl (C=O) groups excluding carboxylic acids is 1. The molecule has 152 valence electrons. The second-order valence-electron chi connectivity index (χ2n) is 8.86. The highest BCUT2D eigenvalue weighted by molar-refractivity contribution is 5.96. The number of hydrogen-bond donors (Lipinski definition) is 1. The molecule has 2 aromatic heterocycles. The number of hydrogen-bond acceptors (Lipinski definition) is 5. The first kappa shape index (κ1) is 19.1. The van der Waals surface area contributed by atoms with E-state index in [-0.39, 0.29) is 11.4 Å². The van der Waals surface area contributed by atoms with Crippen molar-refractivity contribution in [3.63, 3.8) is 0 Å². The van der Waals surface area contributed by atoms with Crippen LogP contribution >= 0.6 is 0 Å². The van der Waals surface area contributed by atoms with Crippen LogP contribution in [-0.4, -0.2) is 66.1 Å². The highest BCUT2D eigenvalue weighted by Crippen LogP contribution is 2.30. The van der Waals surface area contributed by atoms with Gasteiger partial charge in [-0.3, -0.25) is 14.8 Å². The van der Waals surface area contributed by atoms with Crippen molar-refractivity contribution < 1.29 is 4.79 Å². The number of likely N-dealkylation sites (tertiary alicyclic amines) is 2. The van der Waals surface area contributed by atoms with Gasteiger partial charge in [-0.1, -0.05) is 5.21 Å². The van der Waals surface area contributed by atoms with Crippen LogP contribution in [0.25, 0.3) is 0 Å². The van der Waals surface area contributed by atoms with Gasteiger partial charge in [0.25, 0.3) is 5.91 Å². The monoisotopic (exact) mass is 385 g/mol. The number of aromatic nitrogens is 5. The Morgan fingerprint density at radius 2 is 2.00 bits per heavy atom. The van der Waals surface area contributed by atoms with Crippen LogP contribution in [0.1, 0.15) is 73.0 Å². The Labute approximate surface area is 166 Å². The maximum Gasteiger partial charge on any atom is 0.257 e. The molecule has 0 unspecified atom stereocenters. The quantitative estimate of drug-likeness (QED) is 0.874. The lowest BCUT2D eigenvalue weighted by Crippen LogP contribution is -2.39. The normalized spacial score (nSPS) is 20.8. The van der Waals surface area contributed by atoms with E-state index in [9.17, 15) is 4.79 Å². The molecule has 1 N–H and O–H groups in total. The number of nitrogens with one attached hydrogen (secondary N) is 1. The molecular weight excluding hydrogens is 354 g/mol. The maximum absolute atomic E-state index is 12.8. The van der Waals surface area contributed by atoms with E-state index < -0.39 is 0 Å². The molecule has 2 fully saturated rings. The summed E-state index contributed by atoms with van der Waals surface area (Å²) in [4.78, 5) is 17.3. The summed E-state index contributed by atoms with van der Waals surface area (Å²) in [7, 11) is 0. The standard InChI is InChI=1S/C20H31N7O/c1-14-18(15(2)22-21-14)19(28)25-10-6-17(7-11-25)27-13-16(23-24-27)12-26-9-5-8-20(26,3)4/h13,17H,5-12H2,1-4H3,(H,21,22). The SMILES string of the molecule is Cc1n[nH]c(C)c1C(=O)N1CCC(n2cc(CN3CCCC3(C)C)nn2)CC1. The minimum atomic E-state index is 0.0812. The van der Waals surface area contributed by atoms with Crippen LogP contribution in [0.5, 0.6) is 0 Å². The van der Waals surface area contributed by atoms with E-state index in [0.717, 1.165) is 61.7 Å². The Hall–Kier alpha value is -2.22. The molecule has 0 bridgehead atoms. The number of H-pyrrole nitrogens is 1. The molecule has 0 radical (unpaired) electrons. The van der Waals surface area contributed by atoms with Crippen LogP contribution in [0.2, 0.25) is 0 Å². The fourth-order valence-corrected chi connectivity index (χ4v) is 4.57. The lowest BCUT2D eigenvalue weighted by Gasteiger charge is -2.32. The number of aromatic amines is 1. The zero-order valence-electron chi connectivity index (χ0n) is 17.4. The van der Waals surface area contributed by atoms with Crippen LogP contribution in [0.15, 0.2) is 6.20 Å². The lowest BCUT2D eigenvalue weighted by molar-refractivity contribution is 0.0688. The highest BCUT2D eigenvalue weighted by atomic mass is 16.2. The van der Waals surface area contributed by atoms with Gasteiger partial charge in [0.05, 0.1) is 29.2 Å². The number of rotatable bonds is 4. The van der Waals surface area contributed by atoms with Crippen LogP contribution in [0.3, 0.4) is 0 Å². The smallest absolute Gasteiger partial charge is 0.257 e. The van der Waals surface area contributed by atoms with E-state index in [0.29, 0.717) is 6.04 Å². The van der Waals surface area contributed by atoms with E-state index in [2.05, 4.69) is 45.5 Å². The molecule has 8 nitrogen and oxygen atoms in total. The Morgan fingerprint density at radius 1 is 1.25 bits per heavy atom. The second kappa shape index (κ2) is 7.31. The van der Waals surface area contributed by atoms with Crippen molar-refractivity contribution in [2.24, 2.45) is 0 Å². The van der Waals surface area contributed by atoms with Gasteiger partial charge in [0.15, 0.2) is 0 Å². The number of carbonyl (C=O) groups is 1. The van der Waals surface area contributed by atoms with Gasteiger partial charge in [-0.2, -0.15) is 5.10 Å². The molecule has 0 saturated carbocycles. The average molecular weight is 386 g/mol. The van der Waals surface area contributed by atoms with E-state index in [4.69, 9.17) is 0 Å². The first-order valence-electron chi connectivity index (χ1n) is 10.3. The maximum atomic E-state index is 12.8. The summed E-state index contributed by atoms with van der Waals surface area (Å²) in [6, 6.07) is 0.309. The number of amides is 1. The van der Waals surface area contributed by atoms with Crippen LogP contribution in [0.4, 0.5) is 0 Å². The number of piperidine rings is 1. The molecule has 2 aromatic rings. The van der Waals surface area contributed by atoms with Crippen molar-refractivity contribution in [1.82, 2.24) is 35.0 Å². The van der Waals surface area contributed by atoms with E-state index in [1.54, 1.807) is 0 Å². The molecule has 2 saturated heterocycles. The minimum absolute atomic E-state index is 0.0812. The summed E-state index contributed by atoms with van der Waals surface area (Å²) in [6.07, 6.45) is 6.40. The van der Waals surface area contributed by atoms with Crippen molar-refractivity contribution in [3.05, 3.63) is 28.8 Å². The first-order chi connectivity index (χ1) is 13.3. The van der Waals surface area contributed by atoms with Crippen molar-refractivity contribution in [3.8, 4) is 0 Å². The third-order valence-corrected chi connectivity index (χ3v) is 6.45. The van der Waals surface area contributed by atoms with Crippen LogP contribution < -0.4 is 0 Å². The summed E-state index contributed by atoms with van der Waals surface area (Å²) >= 11 is 0. The highest BCUT2D eigenvalue weighted by Gasteiger charge is 2.32. The van der Waals surface area contributed by atoms with Crippen LogP contribution in [-0.2, 0) is 6.54 Å². The zero-order chi connectivity index (χ0) is 19.9. The fourth-order valence-electron chi connectivity index (χ4n) is 4.57. The van der Waals surface area contributed by atoms with Gasteiger partial charge in [0.2, 0.25) is 0 Å². The van der Waals surface area contributed by atoms with Gasteiger partial charge in [-0.15, -0.1) is 5.10 Å². The van der Waals surface area contributed by atoms with Crippen molar-refractivity contribution in [2.45, 2.75) is 71.5 Å². The largest absolute Gasteiger partial charge is 0.338 e. The van der Waals surface area contributed by atoms with Gasteiger partial charge in [-0.05, 0) is 59.9 Å². The Kier molecular flexibility index (Phi) is 4.99. The van der Waals surface area contributed by atoms with Gasteiger partial charge < -0.3 is 4.90 Å². The molecule has 4 heterocycles. The van der Waals surface area contributed by atoms with Crippen molar-refractivity contribution in [2.75, 3.05) is 19.6 Å². The third-order valence-electron chi connectivity index (χ3n) is 6.45. The second-order valence-corrected chi connectivity index (χ2v) is 8.86. The number of aryl methyl sites for hydroxylation is 2. The molecule has 0 spiro atoms. The predicted molar refractivity (Wildman–Crippen MR) is 106 cm³/mol. The lowest BCUT2D eigenvalue weighted by atomic mass is 10.0. The summed E-state index contributed by atoms with van der Waals surface area (Å²) in [5.41, 5.74) is 3.62. The minimum Gasteiger partial charge on any atom is -0.338 e. The van der Waals surface area contributed by atoms with Crippen LogP contribution in [0, 0.1) is 13.8 Å². The van der Waals surface area contributed by atoms with E-state index in [1.807, 2.05) is 23.4 Å². The van der Waals surface area contributed by atoms with Gasteiger partial charge in [-0.25, -0.2) is 4.68 Å². The molecule has 4 rings (SSSR count). The molecular formula is C20H31N7O. The Morgan fingerprint density at radius 3 is 2.61 bits per heavy atom. The molecule has 2 aliphatic heterocycles. The summed E-state index contributed by atoms with van der Waals surface area (Å²) in [6.45, 7) is 11.9. The zero-order valence-corrected chi connectivity index (χ0v) is 17.4. The number of nitrogens with zero attached hydrogens (tertiary/aromatic N) is 6. The van der Waals surface area contributed by atoms with E-state index >= 15 is 0 Å². The topological polar surface area (TPSA) is 82.9 Å². The summed E-state index contributed by atoms with van der Waals surface area (Å²) < 4.78 is 2.01. The average Bonchev–Trinajstić information content (AvgIpc) is 3.35. The van der Waals surface area contributed by atoms with E-state index in [1.165, 1.54) is 12.8 Å².